The van der Waals surface area contributed by atoms with Crippen LogP contribution in [-0.2, 0) is 11.2 Å². The summed E-state index contributed by atoms with van der Waals surface area (Å²) in [4.78, 5) is 15.0. The van der Waals surface area contributed by atoms with Crippen molar-refractivity contribution in [1.82, 2.24) is 9.78 Å². The third kappa shape index (κ3) is 3.70. The highest BCUT2D eigenvalue weighted by atomic mass is 16.2. The first kappa shape index (κ1) is 19.1. The number of carbonyl (C=O) groups excluding carboxylic acids is 1. The molecule has 3 N–H and O–H groups in total. The first-order chi connectivity index (χ1) is 13.9. The van der Waals surface area contributed by atoms with Gasteiger partial charge in [0.15, 0.2) is 0 Å². The van der Waals surface area contributed by atoms with Crippen LogP contribution in [0.3, 0.4) is 0 Å². The number of aromatic nitrogens is 2. The fourth-order valence-electron chi connectivity index (χ4n) is 4.01. The highest BCUT2D eigenvalue weighted by Crippen LogP contribution is 2.31. The molecule has 0 bridgehead atoms. The number of hydrogen-bond donors (Lipinski definition) is 2. The first-order valence-corrected chi connectivity index (χ1v) is 9.99. The van der Waals surface area contributed by atoms with Crippen molar-refractivity contribution in [3.8, 4) is 5.69 Å². The first-order valence-electron chi connectivity index (χ1n) is 9.99. The van der Waals surface area contributed by atoms with Crippen molar-refractivity contribution in [2.24, 2.45) is 0 Å². The van der Waals surface area contributed by atoms with Crippen molar-refractivity contribution >= 4 is 23.0 Å². The van der Waals surface area contributed by atoms with Gasteiger partial charge in [0.25, 0.3) is 0 Å². The molecule has 6 heteroatoms. The quantitative estimate of drug-likeness (QED) is 0.666. The molecular weight excluding hydrogens is 362 g/mol. The number of nitrogen functional groups attached to an aromatic ring is 1. The van der Waals surface area contributed by atoms with E-state index < -0.39 is 0 Å². The van der Waals surface area contributed by atoms with E-state index in [1.165, 1.54) is 5.56 Å². The Morgan fingerprint density at radius 3 is 2.66 bits per heavy atom. The van der Waals surface area contributed by atoms with Gasteiger partial charge in [-0.05, 0) is 63.4 Å². The summed E-state index contributed by atoms with van der Waals surface area (Å²) in [6, 6.07) is 14.1. The Bertz CT molecular complexity index is 1050. The predicted molar refractivity (Wildman–Crippen MR) is 118 cm³/mol. The van der Waals surface area contributed by atoms with Crippen molar-refractivity contribution in [3.63, 3.8) is 0 Å². The molecule has 150 valence electrons. The van der Waals surface area contributed by atoms with Gasteiger partial charge in [0, 0.05) is 17.9 Å². The lowest BCUT2D eigenvalue weighted by Gasteiger charge is -2.31. The summed E-state index contributed by atoms with van der Waals surface area (Å²) in [5.41, 5.74) is 13.8. The van der Waals surface area contributed by atoms with Crippen molar-refractivity contribution in [3.05, 3.63) is 65.0 Å². The smallest absolute Gasteiger partial charge is 0.243 e. The Balaban J connectivity index is 1.53. The lowest BCUT2D eigenvalue weighted by Crippen LogP contribution is -2.37. The molecule has 2 aromatic carbocycles. The number of carbonyl (C=O) groups is 1. The van der Waals surface area contributed by atoms with Gasteiger partial charge in [-0.1, -0.05) is 23.8 Å². The third-order valence-corrected chi connectivity index (χ3v) is 5.55. The fourth-order valence-corrected chi connectivity index (χ4v) is 4.01. The molecule has 0 unspecified atom stereocenters. The molecule has 0 saturated heterocycles. The van der Waals surface area contributed by atoms with Crippen molar-refractivity contribution in [2.75, 3.05) is 29.0 Å². The van der Waals surface area contributed by atoms with Gasteiger partial charge in [0.1, 0.15) is 0 Å². The molecule has 0 saturated carbocycles. The van der Waals surface area contributed by atoms with Crippen LogP contribution >= 0.6 is 0 Å². The summed E-state index contributed by atoms with van der Waals surface area (Å²) in [6.07, 6.45) is 1.96. The summed E-state index contributed by atoms with van der Waals surface area (Å²) in [7, 11) is 0. The monoisotopic (exact) mass is 389 g/mol. The van der Waals surface area contributed by atoms with Crippen LogP contribution < -0.4 is 16.0 Å². The van der Waals surface area contributed by atoms with E-state index in [2.05, 4.69) is 34.4 Å². The molecule has 4 rings (SSSR count). The number of benzene rings is 2. The number of nitrogens with two attached hydrogens (primary N) is 1. The molecular formula is C23H27N5O. The third-order valence-electron chi connectivity index (χ3n) is 5.55. The van der Waals surface area contributed by atoms with Crippen LogP contribution in [0, 0.1) is 20.8 Å². The standard InChI is InChI=1S/C23H27N5O/c1-15-9-11-18(12-10-15)28-17(3)23(16(2)26-28)25-22(29)14-27-13-5-6-19-20(24)7-4-8-21(19)27/h4,7-12H,5-6,13-14,24H2,1-3H3,(H,25,29). The second-order valence-corrected chi connectivity index (χ2v) is 7.71. The molecule has 2 heterocycles. The van der Waals surface area contributed by atoms with Gasteiger partial charge in [0.05, 0.1) is 29.3 Å². The van der Waals surface area contributed by atoms with Crippen molar-refractivity contribution < 1.29 is 4.79 Å². The summed E-state index contributed by atoms with van der Waals surface area (Å²) in [5, 5.41) is 7.71. The summed E-state index contributed by atoms with van der Waals surface area (Å²) in [6.45, 7) is 7.11. The molecule has 1 aliphatic rings. The van der Waals surface area contributed by atoms with Gasteiger partial charge in [-0.15, -0.1) is 0 Å². The topological polar surface area (TPSA) is 76.2 Å². The molecule has 0 spiro atoms. The molecule has 0 aliphatic carbocycles. The fraction of sp³-hybridized carbons (Fsp3) is 0.304. The van der Waals surface area contributed by atoms with Gasteiger partial charge in [0.2, 0.25) is 5.91 Å². The predicted octanol–water partition coefficient (Wildman–Crippen LogP) is 3.77. The molecule has 0 atom stereocenters. The maximum absolute atomic E-state index is 12.8. The zero-order chi connectivity index (χ0) is 20.5. The Labute approximate surface area is 171 Å². The minimum atomic E-state index is -0.0464. The molecule has 29 heavy (non-hydrogen) atoms. The highest BCUT2D eigenvalue weighted by molar-refractivity contribution is 5.95. The minimum Gasteiger partial charge on any atom is -0.398 e. The lowest BCUT2D eigenvalue weighted by molar-refractivity contribution is -0.115. The molecule has 1 amide bonds. The van der Waals surface area contributed by atoms with Crippen LogP contribution in [0.1, 0.15) is 28.9 Å². The second kappa shape index (κ2) is 7.62. The van der Waals surface area contributed by atoms with E-state index in [1.807, 2.05) is 48.9 Å². The Morgan fingerprint density at radius 2 is 1.90 bits per heavy atom. The largest absolute Gasteiger partial charge is 0.398 e. The van der Waals surface area contributed by atoms with Crippen LogP contribution in [-0.4, -0.2) is 28.8 Å². The average Bonchev–Trinajstić information content (AvgIpc) is 2.98. The molecule has 6 nitrogen and oxygen atoms in total. The number of aryl methyl sites for hydroxylation is 2. The summed E-state index contributed by atoms with van der Waals surface area (Å²) >= 11 is 0. The number of anilines is 3. The van der Waals surface area contributed by atoms with Gasteiger partial charge in [-0.25, -0.2) is 4.68 Å². The van der Waals surface area contributed by atoms with E-state index >= 15 is 0 Å². The van der Waals surface area contributed by atoms with Crippen LogP contribution in [0.2, 0.25) is 0 Å². The molecule has 0 fully saturated rings. The van der Waals surface area contributed by atoms with E-state index in [1.54, 1.807) is 0 Å². The number of fused-ring (bicyclic) bond motifs is 1. The molecule has 3 aromatic rings. The molecule has 0 radical (unpaired) electrons. The van der Waals surface area contributed by atoms with Crippen molar-refractivity contribution in [2.45, 2.75) is 33.6 Å². The Kier molecular flexibility index (Phi) is 5.01. The number of nitrogens with zero attached hydrogens (tertiary/aromatic N) is 3. The van der Waals surface area contributed by atoms with Crippen LogP contribution in [0.25, 0.3) is 5.69 Å². The van der Waals surface area contributed by atoms with E-state index in [-0.39, 0.29) is 5.91 Å². The second-order valence-electron chi connectivity index (χ2n) is 7.71. The number of amides is 1. The number of rotatable bonds is 4. The van der Waals surface area contributed by atoms with Gasteiger partial charge in [-0.2, -0.15) is 5.10 Å². The average molecular weight is 390 g/mol. The van der Waals surface area contributed by atoms with E-state index in [9.17, 15) is 4.79 Å². The zero-order valence-corrected chi connectivity index (χ0v) is 17.2. The highest BCUT2D eigenvalue weighted by Gasteiger charge is 2.22. The van der Waals surface area contributed by atoms with E-state index in [0.29, 0.717) is 6.54 Å². The Hall–Kier alpha value is -3.28. The normalized spacial score (nSPS) is 13.3. The minimum absolute atomic E-state index is 0.0464. The van der Waals surface area contributed by atoms with Crippen LogP contribution in [0.5, 0.6) is 0 Å². The van der Waals surface area contributed by atoms with Gasteiger partial charge in [-0.3, -0.25) is 4.79 Å². The van der Waals surface area contributed by atoms with E-state index in [4.69, 9.17) is 5.73 Å². The maximum Gasteiger partial charge on any atom is 0.243 e. The Morgan fingerprint density at radius 1 is 1.14 bits per heavy atom. The summed E-state index contributed by atoms with van der Waals surface area (Å²) in [5.74, 6) is -0.0464. The zero-order valence-electron chi connectivity index (χ0n) is 17.2. The van der Waals surface area contributed by atoms with E-state index in [0.717, 1.165) is 59.1 Å². The lowest BCUT2D eigenvalue weighted by atomic mass is 10.00. The van der Waals surface area contributed by atoms with Crippen molar-refractivity contribution in [1.29, 1.82) is 0 Å². The van der Waals surface area contributed by atoms with Crippen LogP contribution in [0.15, 0.2) is 42.5 Å². The van der Waals surface area contributed by atoms with Crippen LogP contribution in [0.4, 0.5) is 17.1 Å². The maximum atomic E-state index is 12.8. The number of hydrogen-bond acceptors (Lipinski definition) is 4. The SMILES string of the molecule is Cc1ccc(-n2nc(C)c(NC(=O)CN3CCCc4c(N)cccc43)c2C)cc1. The van der Waals surface area contributed by atoms with Gasteiger partial charge >= 0.3 is 0 Å². The molecule has 1 aromatic heterocycles. The molecule has 1 aliphatic heterocycles. The number of nitrogens with one attached hydrogen (secondary N) is 1. The summed E-state index contributed by atoms with van der Waals surface area (Å²) < 4.78 is 1.88. The van der Waals surface area contributed by atoms with Gasteiger partial charge < -0.3 is 16.0 Å².